The van der Waals surface area contributed by atoms with E-state index in [9.17, 15) is 0 Å². The van der Waals surface area contributed by atoms with Crippen LogP contribution in [0, 0.1) is 0 Å². The van der Waals surface area contributed by atoms with Gasteiger partial charge in [-0.3, -0.25) is 0 Å². The third-order valence-corrected chi connectivity index (χ3v) is 5.68. The van der Waals surface area contributed by atoms with Crippen LogP contribution in [0.5, 0.6) is 5.75 Å². The Morgan fingerprint density at radius 1 is 0.931 bits per heavy atom. The first-order valence-corrected chi connectivity index (χ1v) is 10.4. The Labute approximate surface area is 168 Å². The molecule has 0 aliphatic heterocycles. The molecule has 5 rings (SSSR count). The first kappa shape index (κ1) is 18.0. The van der Waals surface area contributed by atoms with Crippen LogP contribution in [-0.4, -0.2) is 46.9 Å². The highest BCUT2D eigenvalue weighted by Gasteiger charge is 2.19. The topological polar surface area (TPSA) is 95.9 Å². The maximum Gasteiger partial charge on any atom is 0.179 e. The lowest BCUT2D eigenvalue weighted by molar-refractivity contribution is 0.301. The van der Waals surface area contributed by atoms with Gasteiger partial charge in [0.1, 0.15) is 5.75 Å². The fraction of sp³-hybridized carbons (Fsp3) is 0.500. The lowest BCUT2D eigenvalue weighted by Crippen LogP contribution is -2.17. The van der Waals surface area contributed by atoms with E-state index < -0.39 is 0 Å². The molecule has 1 aliphatic rings. The van der Waals surface area contributed by atoms with Gasteiger partial charge in [-0.1, -0.05) is 19.3 Å². The number of fused-ring (bicyclic) bond motifs is 3. The number of benzene rings is 1. The average Bonchev–Trinajstić information content (AvgIpc) is 3.43. The Bertz CT molecular complexity index is 1100. The minimum absolute atomic E-state index is 0.481. The average molecular weight is 392 g/mol. The minimum atomic E-state index is 0.481. The molecule has 0 atom stereocenters. The van der Waals surface area contributed by atoms with Gasteiger partial charge in [-0.05, 0) is 76.9 Å². The van der Waals surface area contributed by atoms with Crippen molar-refractivity contribution in [1.82, 2.24) is 40.2 Å². The summed E-state index contributed by atoms with van der Waals surface area (Å²) in [7, 11) is 0. The van der Waals surface area contributed by atoms with Crippen LogP contribution in [0.25, 0.3) is 16.6 Å². The molecule has 0 saturated heterocycles. The van der Waals surface area contributed by atoms with Crippen LogP contribution >= 0.6 is 0 Å². The maximum atomic E-state index is 5.95. The Kier molecular flexibility index (Phi) is 5.02. The molecular weight excluding hydrogens is 368 g/mol. The summed E-state index contributed by atoms with van der Waals surface area (Å²) in [5, 5.41) is 25.2. The molecule has 0 N–H and O–H groups in total. The molecule has 29 heavy (non-hydrogen) atoms. The molecule has 1 fully saturated rings. The van der Waals surface area contributed by atoms with Crippen molar-refractivity contribution in [2.24, 2.45) is 0 Å². The summed E-state index contributed by atoms with van der Waals surface area (Å²) in [6, 6.07) is 10.4. The zero-order valence-electron chi connectivity index (χ0n) is 16.3. The summed E-state index contributed by atoms with van der Waals surface area (Å²) in [4.78, 5) is 0. The molecular formula is C20H24N8O. The van der Waals surface area contributed by atoms with Crippen LogP contribution in [0.1, 0.15) is 56.8 Å². The van der Waals surface area contributed by atoms with Gasteiger partial charge in [-0.15, -0.1) is 10.2 Å². The van der Waals surface area contributed by atoms with Crippen molar-refractivity contribution in [3.8, 4) is 5.75 Å². The van der Waals surface area contributed by atoms with Crippen molar-refractivity contribution in [3.63, 3.8) is 0 Å². The van der Waals surface area contributed by atoms with Crippen LogP contribution < -0.4 is 4.74 Å². The van der Waals surface area contributed by atoms with E-state index in [2.05, 4.69) is 35.7 Å². The van der Waals surface area contributed by atoms with Gasteiger partial charge in [0.15, 0.2) is 11.5 Å². The summed E-state index contributed by atoms with van der Waals surface area (Å²) >= 11 is 0. The Morgan fingerprint density at radius 3 is 2.76 bits per heavy atom. The normalized spacial score (nSPS) is 15.3. The second kappa shape index (κ2) is 8.10. The molecule has 0 radical (unpaired) electrons. The highest BCUT2D eigenvalue weighted by atomic mass is 16.5. The third-order valence-electron chi connectivity index (χ3n) is 5.68. The number of pyridine rings is 1. The highest BCUT2D eigenvalue weighted by molar-refractivity contribution is 5.82. The number of hydrogen-bond donors (Lipinski definition) is 0. The number of nitrogens with zero attached hydrogens (tertiary/aromatic N) is 8. The van der Waals surface area contributed by atoms with Crippen LogP contribution in [0.4, 0.5) is 0 Å². The smallest absolute Gasteiger partial charge is 0.179 e. The molecule has 1 saturated carbocycles. The molecule has 4 aromatic rings. The van der Waals surface area contributed by atoms with Gasteiger partial charge in [0.2, 0.25) is 0 Å². The number of aromatic nitrogens is 8. The SMILES string of the molecule is c1cc2c(ccc3nnnn32)cc1OCCCCc1nnnn1C1CCCCC1. The number of aryl methyl sites for hydroxylation is 1. The van der Waals surface area contributed by atoms with E-state index in [0.717, 1.165) is 47.4 Å². The van der Waals surface area contributed by atoms with Crippen molar-refractivity contribution in [2.45, 2.75) is 57.4 Å². The first-order chi connectivity index (χ1) is 14.4. The van der Waals surface area contributed by atoms with Crippen molar-refractivity contribution >= 4 is 16.6 Å². The maximum absolute atomic E-state index is 5.95. The van der Waals surface area contributed by atoms with Crippen LogP contribution in [-0.2, 0) is 6.42 Å². The largest absolute Gasteiger partial charge is 0.494 e. The number of hydrogen-bond acceptors (Lipinski definition) is 7. The predicted octanol–water partition coefficient (Wildman–Crippen LogP) is 3.17. The van der Waals surface area contributed by atoms with E-state index in [1.807, 2.05) is 30.3 Å². The molecule has 0 spiro atoms. The molecule has 0 amide bonds. The highest BCUT2D eigenvalue weighted by Crippen LogP contribution is 2.28. The first-order valence-electron chi connectivity index (χ1n) is 10.4. The van der Waals surface area contributed by atoms with E-state index in [1.165, 1.54) is 32.1 Å². The lowest BCUT2D eigenvalue weighted by atomic mass is 9.95. The zero-order chi connectivity index (χ0) is 19.5. The quantitative estimate of drug-likeness (QED) is 0.446. The van der Waals surface area contributed by atoms with Crippen molar-refractivity contribution < 1.29 is 4.74 Å². The minimum Gasteiger partial charge on any atom is -0.494 e. The number of ether oxygens (including phenoxy) is 1. The number of unbranched alkanes of at least 4 members (excludes halogenated alkanes) is 1. The van der Waals surface area contributed by atoms with Crippen molar-refractivity contribution in [2.75, 3.05) is 6.61 Å². The predicted molar refractivity (Wildman–Crippen MR) is 107 cm³/mol. The molecule has 1 aromatic carbocycles. The van der Waals surface area contributed by atoms with E-state index in [1.54, 1.807) is 4.52 Å². The van der Waals surface area contributed by atoms with Gasteiger partial charge in [-0.25, -0.2) is 4.68 Å². The molecule has 3 heterocycles. The Morgan fingerprint density at radius 2 is 1.83 bits per heavy atom. The molecule has 9 heteroatoms. The van der Waals surface area contributed by atoms with Gasteiger partial charge in [-0.2, -0.15) is 4.52 Å². The summed E-state index contributed by atoms with van der Waals surface area (Å²) < 4.78 is 9.74. The van der Waals surface area contributed by atoms with Gasteiger partial charge in [0.25, 0.3) is 0 Å². The molecule has 150 valence electrons. The van der Waals surface area contributed by atoms with Gasteiger partial charge in [0, 0.05) is 11.8 Å². The van der Waals surface area contributed by atoms with E-state index in [4.69, 9.17) is 4.74 Å². The second-order valence-corrected chi connectivity index (χ2v) is 7.64. The van der Waals surface area contributed by atoms with Crippen molar-refractivity contribution in [1.29, 1.82) is 0 Å². The molecule has 0 unspecified atom stereocenters. The summed E-state index contributed by atoms with van der Waals surface area (Å²) in [5.41, 5.74) is 1.70. The molecule has 3 aromatic heterocycles. The molecule has 1 aliphatic carbocycles. The standard InChI is InChI=1S/C20H24N8O/c1-2-6-16(7-3-1)27-19(21-23-25-27)8-4-5-13-29-17-10-11-18-15(14-17)9-12-20-22-24-26-28(18)20/h9-12,14,16H,1-8,13H2. The molecule has 9 nitrogen and oxygen atoms in total. The summed E-state index contributed by atoms with van der Waals surface area (Å²) in [5.74, 6) is 1.87. The van der Waals surface area contributed by atoms with E-state index in [0.29, 0.717) is 12.6 Å². The van der Waals surface area contributed by atoms with E-state index >= 15 is 0 Å². The van der Waals surface area contributed by atoms with Gasteiger partial charge in [0.05, 0.1) is 18.2 Å². The third kappa shape index (κ3) is 3.76. The lowest BCUT2D eigenvalue weighted by Gasteiger charge is -2.22. The summed E-state index contributed by atoms with van der Waals surface area (Å²) in [6.07, 6.45) is 9.14. The van der Waals surface area contributed by atoms with Crippen LogP contribution in [0.15, 0.2) is 30.3 Å². The molecule has 0 bridgehead atoms. The fourth-order valence-corrected chi connectivity index (χ4v) is 4.14. The Hall–Kier alpha value is -3.10. The second-order valence-electron chi connectivity index (χ2n) is 7.64. The van der Waals surface area contributed by atoms with Gasteiger partial charge < -0.3 is 4.74 Å². The van der Waals surface area contributed by atoms with Crippen LogP contribution in [0.2, 0.25) is 0 Å². The van der Waals surface area contributed by atoms with Gasteiger partial charge >= 0.3 is 0 Å². The monoisotopic (exact) mass is 392 g/mol. The van der Waals surface area contributed by atoms with E-state index in [-0.39, 0.29) is 0 Å². The van der Waals surface area contributed by atoms with Crippen molar-refractivity contribution in [3.05, 3.63) is 36.2 Å². The zero-order valence-corrected chi connectivity index (χ0v) is 16.3. The summed E-state index contributed by atoms with van der Waals surface area (Å²) in [6.45, 7) is 0.670. The number of rotatable bonds is 7. The number of tetrazole rings is 2. The Balaban J connectivity index is 1.14. The fourth-order valence-electron chi connectivity index (χ4n) is 4.14. The van der Waals surface area contributed by atoms with Crippen LogP contribution in [0.3, 0.4) is 0 Å².